The third-order valence-electron chi connectivity index (χ3n) is 1.96. The highest BCUT2D eigenvalue weighted by Crippen LogP contribution is 2.29. The van der Waals surface area contributed by atoms with Gasteiger partial charge in [0.15, 0.2) is 0 Å². The molecule has 0 aliphatic carbocycles. The van der Waals surface area contributed by atoms with Crippen molar-refractivity contribution in [3.8, 4) is 0 Å². The van der Waals surface area contributed by atoms with Crippen LogP contribution in [0.1, 0.15) is 33.1 Å². The maximum Gasteiger partial charge on any atom is 0.00700 e. The average Bonchev–Trinajstić information content (AvgIpc) is 1.90. The standard InChI is InChI=1S/C8H16S/c1-7(2)8-5-3-4-6-9-8/h7-8H,3-6H2,1-2H3/t8-/m0/s1. The lowest BCUT2D eigenvalue weighted by molar-refractivity contribution is 0.538. The molecule has 1 atom stereocenters. The Morgan fingerprint density at radius 3 is 2.44 bits per heavy atom. The fourth-order valence-electron chi connectivity index (χ4n) is 1.29. The second-order valence-electron chi connectivity index (χ2n) is 3.15. The van der Waals surface area contributed by atoms with Crippen molar-refractivity contribution < 1.29 is 0 Å². The third-order valence-corrected chi connectivity index (χ3v) is 3.69. The molecular formula is C8H16S. The molecule has 0 spiro atoms. The largest absolute Gasteiger partial charge is 0.158 e. The summed E-state index contributed by atoms with van der Waals surface area (Å²) in [5.74, 6) is 2.30. The minimum Gasteiger partial charge on any atom is -0.158 e. The Morgan fingerprint density at radius 2 is 2.11 bits per heavy atom. The summed E-state index contributed by atoms with van der Waals surface area (Å²) in [5, 5.41) is 0.971. The molecule has 54 valence electrons. The van der Waals surface area contributed by atoms with E-state index in [4.69, 9.17) is 0 Å². The van der Waals surface area contributed by atoms with Gasteiger partial charge in [0.1, 0.15) is 0 Å². The van der Waals surface area contributed by atoms with E-state index in [9.17, 15) is 0 Å². The summed E-state index contributed by atoms with van der Waals surface area (Å²) in [6.45, 7) is 4.67. The highest BCUT2D eigenvalue weighted by atomic mass is 32.2. The van der Waals surface area contributed by atoms with Gasteiger partial charge in [-0.25, -0.2) is 0 Å². The number of hydrogen-bond donors (Lipinski definition) is 0. The van der Waals surface area contributed by atoms with Gasteiger partial charge in [-0.05, 0) is 24.5 Å². The van der Waals surface area contributed by atoms with Gasteiger partial charge in [0.25, 0.3) is 0 Å². The van der Waals surface area contributed by atoms with Gasteiger partial charge in [0.05, 0.1) is 0 Å². The minimum atomic E-state index is 0.898. The molecule has 0 bridgehead atoms. The summed E-state index contributed by atoms with van der Waals surface area (Å²) < 4.78 is 0. The predicted molar refractivity (Wildman–Crippen MR) is 44.9 cm³/mol. The van der Waals surface area contributed by atoms with Crippen molar-refractivity contribution in [2.75, 3.05) is 5.75 Å². The van der Waals surface area contributed by atoms with Crippen LogP contribution < -0.4 is 0 Å². The molecule has 0 aromatic carbocycles. The zero-order valence-electron chi connectivity index (χ0n) is 6.39. The molecule has 1 heteroatoms. The predicted octanol–water partition coefficient (Wildman–Crippen LogP) is 2.93. The number of rotatable bonds is 1. The molecule has 9 heavy (non-hydrogen) atoms. The summed E-state index contributed by atoms with van der Waals surface area (Å²) in [5.41, 5.74) is 0. The Labute approximate surface area is 62.4 Å². The lowest BCUT2D eigenvalue weighted by atomic mass is 10.0. The Balaban J connectivity index is 2.23. The van der Waals surface area contributed by atoms with E-state index in [1.165, 1.54) is 25.0 Å². The second-order valence-corrected chi connectivity index (χ2v) is 4.50. The molecule has 1 rings (SSSR count). The summed E-state index contributed by atoms with van der Waals surface area (Å²) in [6.07, 6.45) is 4.38. The van der Waals surface area contributed by atoms with Crippen LogP contribution in [0.4, 0.5) is 0 Å². The van der Waals surface area contributed by atoms with E-state index in [-0.39, 0.29) is 0 Å². The van der Waals surface area contributed by atoms with Gasteiger partial charge >= 0.3 is 0 Å². The van der Waals surface area contributed by atoms with Crippen LogP contribution in [0.3, 0.4) is 0 Å². The van der Waals surface area contributed by atoms with E-state index >= 15 is 0 Å². The fraction of sp³-hybridized carbons (Fsp3) is 1.00. The lowest BCUT2D eigenvalue weighted by Gasteiger charge is -2.24. The molecular weight excluding hydrogens is 128 g/mol. The van der Waals surface area contributed by atoms with Crippen LogP contribution in [0.2, 0.25) is 0 Å². The van der Waals surface area contributed by atoms with Crippen molar-refractivity contribution >= 4 is 11.8 Å². The van der Waals surface area contributed by atoms with Crippen LogP contribution in [0.25, 0.3) is 0 Å². The average molecular weight is 144 g/mol. The molecule has 0 saturated carbocycles. The summed E-state index contributed by atoms with van der Waals surface area (Å²) in [6, 6.07) is 0. The Hall–Kier alpha value is 0.350. The van der Waals surface area contributed by atoms with Crippen molar-refractivity contribution in [1.82, 2.24) is 0 Å². The molecule has 1 aliphatic heterocycles. The first-order chi connectivity index (χ1) is 4.30. The van der Waals surface area contributed by atoms with Gasteiger partial charge in [-0.15, -0.1) is 0 Å². The maximum absolute atomic E-state index is 2.34. The molecule has 1 fully saturated rings. The van der Waals surface area contributed by atoms with Crippen molar-refractivity contribution in [3.05, 3.63) is 0 Å². The molecule has 0 aromatic rings. The van der Waals surface area contributed by atoms with Gasteiger partial charge in [0.2, 0.25) is 0 Å². The van der Waals surface area contributed by atoms with Crippen LogP contribution in [-0.4, -0.2) is 11.0 Å². The Morgan fingerprint density at radius 1 is 1.33 bits per heavy atom. The highest BCUT2D eigenvalue weighted by molar-refractivity contribution is 7.99. The van der Waals surface area contributed by atoms with Crippen LogP contribution in [0.15, 0.2) is 0 Å². The van der Waals surface area contributed by atoms with Crippen molar-refractivity contribution in [2.45, 2.75) is 38.4 Å². The molecule has 0 radical (unpaired) electrons. The van der Waals surface area contributed by atoms with E-state index in [0.717, 1.165) is 11.2 Å². The van der Waals surface area contributed by atoms with Crippen molar-refractivity contribution in [3.63, 3.8) is 0 Å². The van der Waals surface area contributed by atoms with Crippen molar-refractivity contribution in [1.29, 1.82) is 0 Å². The second kappa shape index (κ2) is 3.50. The number of thioether (sulfide) groups is 1. The Kier molecular flexibility index (Phi) is 2.90. The summed E-state index contributed by atoms with van der Waals surface area (Å²) in [4.78, 5) is 0. The van der Waals surface area contributed by atoms with Crippen LogP contribution in [0.5, 0.6) is 0 Å². The molecule has 0 amide bonds. The summed E-state index contributed by atoms with van der Waals surface area (Å²) >= 11 is 2.17. The minimum absolute atomic E-state index is 0.898. The van der Waals surface area contributed by atoms with Crippen LogP contribution in [0, 0.1) is 5.92 Å². The quantitative estimate of drug-likeness (QED) is 0.545. The monoisotopic (exact) mass is 144 g/mol. The van der Waals surface area contributed by atoms with E-state index < -0.39 is 0 Å². The van der Waals surface area contributed by atoms with Gasteiger partial charge < -0.3 is 0 Å². The van der Waals surface area contributed by atoms with Crippen LogP contribution in [-0.2, 0) is 0 Å². The van der Waals surface area contributed by atoms with Crippen LogP contribution >= 0.6 is 11.8 Å². The molecule has 0 unspecified atom stereocenters. The van der Waals surface area contributed by atoms with E-state index in [1.54, 1.807) is 0 Å². The topological polar surface area (TPSA) is 0 Å². The van der Waals surface area contributed by atoms with E-state index in [0.29, 0.717) is 0 Å². The molecule has 0 N–H and O–H groups in total. The van der Waals surface area contributed by atoms with Gasteiger partial charge in [-0.3, -0.25) is 0 Å². The first kappa shape index (κ1) is 7.46. The van der Waals surface area contributed by atoms with Gasteiger partial charge in [-0.1, -0.05) is 20.3 Å². The summed E-state index contributed by atoms with van der Waals surface area (Å²) in [7, 11) is 0. The fourth-order valence-corrected chi connectivity index (χ4v) is 2.68. The Bertz CT molecular complexity index is 72.6. The smallest absolute Gasteiger partial charge is 0.00700 e. The SMILES string of the molecule is CC(C)[C@@H]1CCCCS1. The zero-order valence-corrected chi connectivity index (χ0v) is 7.21. The maximum atomic E-state index is 2.34. The molecule has 0 aromatic heterocycles. The third kappa shape index (κ3) is 2.21. The first-order valence-corrected chi connectivity index (χ1v) is 4.97. The number of hydrogen-bond acceptors (Lipinski definition) is 1. The van der Waals surface area contributed by atoms with Gasteiger partial charge in [-0.2, -0.15) is 11.8 Å². The zero-order chi connectivity index (χ0) is 6.69. The van der Waals surface area contributed by atoms with Gasteiger partial charge in [0, 0.05) is 5.25 Å². The molecule has 0 nitrogen and oxygen atoms in total. The lowest BCUT2D eigenvalue weighted by Crippen LogP contribution is -2.15. The van der Waals surface area contributed by atoms with E-state index in [2.05, 4.69) is 25.6 Å². The molecule has 1 aliphatic rings. The highest BCUT2D eigenvalue weighted by Gasteiger charge is 2.16. The van der Waals surface area contributed by atoms with E-state index in [1.807, 2.05) is 0 Å². The molecule has 1 saturated heterocycles. The van der Waals surface area contributed by atoms with Crippen molar-refractivity contribution in [2.24, 2.45) is 5.92 Å². The molecule has 1 heterocycles. The first-order valence-electron chi connectivity index (χ1n) is 3.92. The normalized spacial score (nSPS) is 29.0.